The van der Waals surface area contributed by atoms with Crippen molar-refractivity contribution in [2.75, 3.05) is 25.0 Å². The zero-order valence-corrected chi connectivity index (χ0v) is 28.7. The molecule has 2 aliphatic rings. The number of likely N-dealkylation sites (tertiary alicyclic amines) is 1. The van der Waals surface area contributed by atoms with Crippen LogP contribution in [0.25, 0.3) is 0 Å². The summed E-state index contributed by atoms with van der Waals surface area (Å²) in [5.41, 5.74) is 0.600. The number of hydrogen-bond acceptors (Lipinski definition) is 7. The summed E-state index contributed by atoms with van der Waals surface area (Å²) in [7, 11) is 0. The monoisotopic (exact) mass is 662 g/mol. The Hall–Kier alpha value is -4.32. The number of epoxide rings is 1. The highest BCUT2D eigenvalue weighted by atomic mass is 16.6. The number of benzene rings is 1. The molecule has 1 aromatic carbocycles. The van der Waals surface area contributed by atoms with Crippen LogP contribution in [-0.4, -0.2) is 82.8 Å². The molecule has 0 saturated carbocycles. The van der Waals surface area contributed by atoms with Gasteiger partial charge in [0.05, 0.1) is 12.6 Å². The maximum Gasteiger partial charge on any atom is 0.318 e. The first-order valence-electron chi connectivity index (χ1n) is 16.9. The van der Waals surface area contributed by atoms with Crippen molar-refractivity contribution in [3.05, 3.63) is 60.4 Å². The van der Waals surface area contributed by atoms with Gasteiger partial charge in [0.1, 0.15) is 17.7 Å². The zero-order valence-electron chi connectivity index (χ0n) is 28.7. The summed E-state index contributed by atoms with van der Waals surface area (Å²) in [5.74, 6) is -1.28. The van der Waals surface area contributed by atoms with Gasteiger partial charge in [-0.05, 0) is 62.1 Å². The van der Waals surface area contributed by atoms with E-state index in [1.165, 1.54) is 0 Å². The number of nitrogens with zero attached hydrogens (tertiary/aromatic N) is 2. The van der Waals surface area contributed by atoms with Crippen molar-refractivity contribution >= 4 is 35.2 Å². The summed E-state index contributed by atoms with van der Waals surface area (Å²) in [6.07, 6.45) is 5.19. The van der Waals surface area contributed by atoms with E-state index >= 15 is 0 Å². The van der Waals surface area contributed by atoms with Gasteiger partial charge >= 0.3 is 6.03 Å². The highest BCUT2D eigenvalue weighted by Gasteiger charge is 2.50. The van der Waals surface area contributed by atoms with Crippen molar-refractivity contribution in [1.29, 1.82) is 0 Å². The van der Waals surface area contributed by atoms with Crippen molar-refractivity contribution in [2.24, 2.45) is 17.8 Å². The first-order chi connectivity index (χ1) is 22.8. The summed E-state index contributed by atoms with van der Waals surface area (Å²) in [6.45, 7) is 10.6. The Morgan fingerprint density at radius 3 is 1.98 bits per heavy atom. The van der Waals surface area contributed by atoms with Gasteiger partial charge in [0, 0.05) is 43.5 Å². The molecule has 2 fully saturated rings. The number of carbonyl (C=O) groups excluding carboxylic acids is 5. The summed E-state index contributed by atoms with van der Waals surface area (Å²) in [5, 5.41) is 11.6. The molecule has 2 saturated heterocycles. The summed E-state index contributed by atoms with van der Waals surface area (Å²) in [6, 6.07) is 9.73. The number of hydrogen-bond donors (Lipinski definition) is 4. The van der Waals surface area contributed by atoms with E-state index in [-0.39, 0.29) is 35.9 Å². The molecule has 0 radical (unpaired) electrons. The Morgan fingerprint density at radius 2 is 1.40 bits per heavy atom. The number of carbonyl (C=O) groups is 5. The molecular weight excluding hydrogens is 612 g/mol. The molecule has 0 spiro atoms. The number of amides is 5. The van der Waals surface area contributed by atoms with Crippen LogP contribution in [-0.2, 0) is 30.3 Å². The maximum atomic E-state index is 13.8. The fourth-order valence-electron chi connectivity index (χ4n) is 5.89. The number of piperidine rings is 1. The van der Waals surface area contributed by atoms with Crippen LogP contribution in [0, 0.1) is 17.8 Å². The molecule has 48 heavy (non-hydrogen) atoms. The predicted octanol–water partition coefficient (Wildman–Crippen LogP) is 3.47. The normalized spacial score (nSPS) is 19.6. The molecule has 4 atom stereocenters. The quantitative estimate of drug-likeness (QED) is 0.212. The molecular formula is C36H50N6O6. The van der Waals surface area contributed by atoms with E-state index in [1.807, 2.05) is 58.0 Å². The molecule has 2 aliphatic heterocycles. The summed E-state index contributed by atoms with van der Waals surface area (Å²) in [4.78, 5) is 72.6. The van der Waals surface area contributed by atoms with E-state index < -0.39 is 41.6 Å². The van der Waals surface area contributed by atoms with Crippen LogP contribution in [0.2, 0.25) is 0 Å². The number of urea groups is 1. The average Bonchev–Trinajstić information content (AvgIpc) is 3.82. The third kappa shape index (κ3) is 10.6. The number of pyridine rings is 1. The standard InChI is InChI=1S/C36H50N6O6/c1-23(2)19-28(31(43)36(5)22-48-36)39-34(46)30(21-25-9-7-6-8-10-25)40-33(45)29(20-24(3)4)41-35(47)42-17-13-26(14-18-42)32(44)38-27-11-15-37-16-12-27/h6-12,15-16,23-24,26,28-30H,13-14,17-22H2,1-5H3,(H,39,46)(H,40,45)(H,41,47)(H,37,38,44). The number of anilines is 1. The van der Waals surface area contributed by atoms with Gasteiger partial charge in [0.2, 0.25) is 17.7 Å². The van der Waals surface area contributed by atoms with Gasteiger partial charge < -0.3 is 30.9 Å². The minimum absolute atomic E-state index is 0.0670. The minimum Gasteiger partial charge on any atom is -0.361 e. The number of ketones is 1. The van der Waals surface area contributed by atoms with Gasteiger partial charge in [-0.25, -0.2) is 4.79 Å². The Kier molecular flexibility index (Phi) is 12.7. The molecule has 12 nitrogen and oxygen atoms in total. The van der Waals surface area contributed by atoms with Gasteiger partial charge in [-0.2, -0.15) is 0 Å². The van der Waals surface area contributed by atoms with Crippen molar-refractivity contribution in [2.45, 2.75) is 90.4 Å². The fourth-order valence-corrected chi connectivity index (χ4v) is 5.89. The van der Waals surface area contributed by atoms with E-state index in [0.717, 1.165) is 5.56 Å². The molecule has 1 aromatic heterocycles. The molecule has 4 unspecified atom stereocenters. The summed E-state index contributed by atoms with van der Waals surface area (Å²) < 4.78 is 5.38. The highest BCUT2D eigenvalue weighted by Crippen LogP contribution is 2.30. The average molecular weight is 663 g/mol. The smallest absolute Gasteiger partial charge is 0.318 e. The second-order valence-electron chi connectivity index (χ2n) is 13.9. The highest BCUT2D eigenvalue weighted by molar-refractivity contribution is 5.98. The Bertz CT molecular complexity index is 1410. The van der Waals surface area contributed by atoms with E-state index in [0.29, 0.717) is 51.1 Å². The molecule has 4 N–H and O–H groups in total. The van der Waals surface area contributed by atoms with Gasteiger partial charge in [-0.1, -0.05) is 58.0 Å². The third-order valence-electron chi connectivity index (χ3n) is 8.78. The number of Topliss-reactive ketones (excluding diaryl/α,β-unsaturated/α-hetero) is 1. The molecule has 260 valence electrons. The topological polar surface area (TPSA) is 162 Å². The molecule has 0 bridgehead atoms. The lowest BCUT2D eigenvalue weighted by molar-refractivity contribution is -0.133. The second kappa shape index (κ2) is 16.7. The molecule has 3 heterocycles. The number of nitrogens with one attached hydrogen (secondary N) is 4. The predicted molar refractivity (Wildman–Crippen MR) is 182 cm³/mol. The van der Waals surface area contributed by atoms with Crippen LogP contribution < -0.4 is 21.3 Å². The van der Waals surface area contributed by atoms with Crippen LogP contribution in [0.15, 0.2) is 54.9 Å². The molecule has 0 aliphatic carbocycles. The van der Waals surface area contributed by atoms with Crippen molar-refractivity contribution < 1.29 is 28.7 Å². The second-order valence-corrected chi connectivity index (χ2v) is 13.9. The van der Waals surface area contributed by atoms with E-state index in [2.05, 4.69) is 26.3 Å². The number of ether oxygens (including phenoxy) is 1. The fraction of sp³-hybridized carbons (Fsp3) is 0.556. The van der Waals surface area contributed by atoms with Crippen molar-refractivity contribution in [3.8, 4) is 0 Å². The van der Waals surface area contributed by atoms with Crippen LogP contribution in [0.1, 0.15) is 65.9 Å². The maximum absolute atomic E-state index is 13.8. The van der Waals surface area contributed by atoms with Crippen molar-refractivity contribution in [3.63, 3.8) is 0 Å². The van der Waals surface area contributed by atoms with Crippen molar-refractivity contribution in [1.82, 2.24) is 25.8 Å². The first kappa shape index (κ1) is 36.5. The summed E-state index contributed by atoms with van der Waals surface area (Å²) >= 11 is 0. The van der Waals surface area contributed by atoms with Crippen LogP contribution >= 0.6 is 0 Å². The van der Waals surface area contributed by atoms with Gasteiger partial charge in [-0.15, -0.1) is 0 Å². The first-order valence-corrected chi connectivity index (χ1v) is 16.9. The van der Waals surface area contributed by atoms with Crippen LogP contribution in [0.5, 0.6) is 0 Å². The van der Waals surface area contributed by atoms with Crippen LogP contribution in [0.4, 0.5) is 10.5 Å². The lowest BCUT2D eigenvalue weighted by Gasteiger charge is -2.33. The van der Waals surface area contributed by atoms with E-state index in [9.17, 15) is 24.0 Å². The molecule has 12 heteroatoms. The zero-order chi connectivity index (χ0) is 34.8. The number of rotatable bonds is 15. The SMILES string of the molecule is CC(C)CC(NC(=O)N1CCC(C(=O)Nc2ccncc2)CC1)C(=O)NC(Cc1ccccc1)C(=O)NC(CC(C)C)C(=O)C1(C)CO1. The Morgan fingerprint density at radius 1 is 0.833 bits per heavy atom. The Labute approximate surface area is 283 Å². The van der Waals surface area contributed by atoms with Gasteiger partial charge in [-0.3, -0.25) is 24.2 Å². The number of aromatic nitrogens is 1. The largest absolute Gasteiger partial charge is 0.361 e. The molecule has 4 rings (SSSR count). The lowest BCUT2D eigenvalue weighted by atomic mass is 9.93. The Balaban J connectivity index is 1.41. The van der Waals surface area contributed by atoms with Gasteiger partial charge in [0.15, 0.2) is 5.78 Å². The third-order valence-corrected chi connectivity index (χ3v) is 8.78. The molecule has 2 aromatic rings. The lowest BCUT2D eigenvalue weighted by Crippen LogP contribution is -2.58. The molecule has 5 amide bonds. The minimum atomic E-state index is -0.989. The van der Waals surface area contributed by atoms with E-state index in [1.54, 1.807) is 36.4 Å². The van der Waals surface area contributed by atoms with E-state index in [4.69, 9.17) is 4.74 Å². The van der Waals surface area contributed by atoms with Crippen LogP contribution in [0.3, 0.4) is 0 Å². The van der Waals surface area contributed by atoms with Gasteiger partial charge in [0.25, 0.3) is 0 Å².